The zero-order valence-corrected chi connectivity index (χ0v) is 23.5. The Kier molecular flexibility index (Phi) is 5.91. The second kappa shape index (κ2) is 8.87. The number of allylic oxidation sites excluding steroid dienone is 2. The second-order valence-corrected chi connectivity index (χ2v) is 11.4. The molecule has 1 saturated heterocycles. The number of phenols is 1. The van der Waals surface area contributed by atoms with E-state index in [1.54, 1.807) is 42.5 Å². The van der Waals surface area contributed by atoms with E-state index in [1.807, 2.05) is 0 Å². The lowest BCUT2D eigenvalue weighted by atomic mass is 9.64. The van der Waals surface area contributed by atoms with Crippen LogP contribution in [0.4, 0.5) is 0 Å². The number of likely N-dealkylation sites (tertiary alicyclic amines) is 1. The Balaban J connectivity index is 1.62. The summed E-state index contributed by atoms with van der Waals surface area (Å²) in [5.74, 6) is -2.39. The van der Waals surface area contributed by atoms with E-state index in [4.69, 9.17) is 27.9 Å². The van der Waals surface area contributed by atoms with E-state index in [9.17, 15) is 24.3 Å². The van der Waals surface area contributed by atoms with Crippen molar-refractivity contribution in [1.29, 1.82) is 0 Å². The first kappa shape index (κ1) is 26.0. The highest BCUT2D eigenvalue weighted by Gasteiger charge is 2.75. The quantitative estimate of drug-likeness (QED) is 0.204. The van der Waals surface area contributed by atoms with Crippen molar-refractivity contribution < 1.29 is 19.4 Å². The van der Waals surface area contributed by atoms with Gasteiger partial charge in [-0.2, -0.15) is 0 Å². The number of para-hydroxylation sites is 1. The third kappa shape index (κ3) is 3.26. The van der Waals surface area contributed by atoms with Crippen LogP contribution >= 0.6 is 39.1 Å². The largest absolute Gasteiger partial charge is 0.504 e. The fourth-order valence-corrected chi connectivity index (χ4v) is 7.47. The first-order valence-electron chi connectivity index (χ1n) is 12.0. The number of aromatic nitrogens is 3. The zero-order valence-electron chi connectivity index (χ0n) is 20.4. The van der Waals surface area contributed by atoms with Crippen LogP contribution in [0, 0.1) is 0 Å². The summed E-state index contributed by atoms with van der Waals surface area (Å²) in [6, 6.07) is 12.1. The van der Waals surface area contributed by atoms with Crippen LogP contribution in [-0.2, 0) is 16.1 Å². The number of carbonyl (C=O) groups excluding carboxylic acids is 2. The number of ether oxygens (including phenoxy) is 1. The number of carbonyl (C=O) groups is 2. The van der Waals surface area contributed by atoms with Crippen molar-refractivity contribution in [1.82, 2.24) is 18.8 Å². The fourth-order valence-electron chi connectivity index (χ4n) is 6.06. The molecule has 0 spiro atoms. The summed E-state index contributed by atoms with van der Waals surface area (Å²) in [6.07, 6.45) is 1.54. The third-order valence-corrected chi connectivity index (χ3v) is 9.75. The molecule has 2 fully saturated rings. The number of aromatic hydroxyl groups is 1. The van der Waals surface area contributed by atoms with Crippen LogP contribution in [0.3, 0.4) is 0 Å². The monoisotopic (exact) mass is 634 g/mol. The summed E-state index contributed by atoms with van der Waals surface area (Å²) in [6.45, 7) is 0.0258. The first-order chi connectivity index (χ1) is 18.6. The molecule has 2 amide bonds. The van der Waals surface area contributed by atoms with E-state index in [0.29, 0.717) is 16.8 Å². The third-order valence-electron chi connectivity index (χ3n) is 7.83. The zero-order chi connectivity index (χ0) is 27.9. The minimum atomic E-state index is -1.96. The van der Waals surface area contributed by atoms with Gasteiger partial charge in [-0.3, -0.25) is 14.5 Å². The highest BCUT2D eigenvalue weighted by Crippen LogP contribution is 2.63. The standard InChI is InChI=1S/C26H21BrCl2N4O6/c1-39-19-11-14(7-8-18(19)34)20-16-9-10-31-23(37)32(15-5-3-2-4-6-15)24(38)33(31)17(16)12-25(28)21(35)30(13-27)22(36)26(20,25)29/h2-9,11,17,20,34H,10,12-13H2,1H3/t17-,20+,25-,26+/m1/s1. The van der Waals surface area contributed by atoms with Crippen molar-refractivity contribution in [2.24, 2.45) is 0 Å². The number of benzene rings is 2. The number of hydrogen-bond donors (Lipinski definition) is 1. The van der Waals surface area contributed by atoms with E-state index < -0.39 is 44.9 Å². The number of phenolic OH excluding ortho intramolecular Hbond substituents is 1. The number of imide groups is 1. The Morgan fingerprint density at radius 1 is 1.05 bits per heavy atom. The SMILES string of the molecule is COc1cc([C@H]2C3=CCn4c(=O)n(-c5ccccc5)c(=O)n4[C@@H]3C[C@@]3(Cl)C(=O)N(CBr)C(=O)[C@@]23Cl)ccc1O. The van der Waals surface area contributed by atoms with Gasteiger partial charge in [0.1, 0.15) is 0 Å². The van der Waals surface area contributed by atoms with Crippen LogP contribution < -0.4 is 16.1 Å². The van der Waals surface area contributed by atoms with E-state index in [1.165, 1.54) is 28.6 Å². The number of hydrogen-bond acceptors (Lipinski definition) is 6. The number of alkyl halides is 3. The molecule has 4 atom stereocenters. The van der Waals surface area contributed by atoms with Crippen molar-refractivity contribution >= 4 is 50.9 Å². The lowest BCUT2D eigenvalue weighted by Crippen LogP contribution is -2.59. The number of rotatable bonds is 4. The molecule has 3 heterocycles. The van der Waals surface area contributed by atoms with Crippen molar-refractivity contribution in [2.45, 2.75) is 34.7 Å². The van der Waals surface area contributed by atoms with Crippen molar-refractivity contribution in [3.05, 3.63) is 86.7 Å². The van der Waals surface area contributed by atoms with Crippen molar-refractivity contribution in [2.75, 3.05) is 12.6 Å². The van der Waals surface area contributed by atoms with Crippen LogP contribution in [-0.4, -0.2) is 58.1 Å². The van der Waals surface area contributed by atoms with Crippen LogP contribution in [0.1, 0.15) is 23.9 Å². The van der Waals surface area contributed by atoms with Gasteiger partial charge in [-0.05, 0) is 35.4 Å². The minimum Gasteiger partial charge on any atom is -0.504 e. The molecule has 1 N–H and O–H groups in total. The summed E-state index contributed by atoms with van der Waals surface area (Å²) < 4.78 is 8.95. The highest BCUT2D eigenvalue weighted by molar-refractivity contribution is 9.09. The van der Waals surface area contributed by atoms with Gasteiger partial charge in [-0.25, -0.2) is 23.5 Å². The molecule has 6 rings (SSSR count). The molecule has 202 valence electrons. The molecular formula is C26H21BrCl2N4O6. The van der Waals surface area contributed by atoms with Crippen LogP contribution in [0.5, 0.6) is 11.5 Å². The Bertz CT molecular complexity index is 1700. The molecule has 1 aromatic heterocycles. The maximum Gasteiger partial charge on any atom is 0.352 e. The maximum absolute atomic E-state index is 13.8. The van der Waals surface area contributed by atoms with Gasteiger partial charge in [-0.1, -0.05) is 46.3 Å². The van der Waals surface area contributed by atoms with Crippen LogP contribution in [0.25, 0.3) is 5.69 Å². The highest BCUT2D eigenvalue weighted by atomic mass is 79.9. The first-order valence-corrected chi connectivity index (χ1v) is 13.8. The summed E-state index contributed by atoms with van der Waals surface area (Å²) in [5, 5.41) is 10.2. The van der Waals surface area contributed by atoms with E-state index in [2.05, 4.69) is 15.9 Å². The fraction of sp³-hybridized carbons (Fsp3) is 0.308. The summed E-state index contributed by atoms with van der Waals surface area (Å²) in [7, 11) is 1.38. The van der Waals surface area contributed by atoms with Crippen LogP contribution in [0.2, 0.25) is 0 Å². The molecule has 1 aliphatic carbocycles. The predicted molar refractivity (Wildman–Crippen MR) is 146 cm³/mol. The smallest absolute Gasteiger partial charge is 0.352 e. The summed E-state index contributed by atoms with van der Waals surface area (Å²) >= 11 is 17.5. The molecule has 2 aliphatic heterocycles. The van der Waals surface area contributed by atoms with Gasteiger partial charge in [0.25, 0.3) is 11.8 Å². The Labute approximate surface area is 239 Å². The molecule has 0 radical (unpaired) electrons. The number of halogens is 3. The number of nitrogens with zero attached hydrogens (tertiary/aromatic N) is 4. The lowest BCUT2D eigenvalue weighted by Gasteiger charge is -2.49. The van der Waals surface area contributed by atoms with Gasteiger partial charge in [0.15, 0.2) is 21.2 Å². The van der Waals surface area contributed by atoms with Gasteiger partial charge < -0.3 is 9.84 Å². The molecule has 3 aromatic rings. The predicted octanol–water partition coefficient (Wildman–Crippen LogP) is 2.86. The van der Waals surface area contributed by atoms with E-state index >= 15 is 0 Å². The molecule has 10 nitrogen and oxygen atoms in total. The molecule has 0 unspecified atom stereocenters. The maximum atomic E-state index is 13.8. The molecule has 0 bridgehead atoms. The normalized spacial score (nSPS) is 27.6. The average Bonchev–Trinajstić information content (AvgIpc) is 3.27. The van der Waals surface area contributed by atoms with E-state index in [-0.39, 0.29) is 29.9 Å². The van der Waals surface area contributed by atoms with Gasteiger partial charge >= 0.3 is 11.4 Å². The molecule has 39 heavy (non-hydrogen) atoms. The molecule has 3 aliphatic rings. The van der Waals surface area contributed by atoms with Crippen molar-refractivity contribution in [3.63, 3.8) is 0 Å². The topological polar surface area (TPSA) is 116 Å². The van der Waals surface area contributed by atoms with Gasteiger partial charge in [-0.15, -0.1) is 23.2 Å². The minimum absolute atomic E-state index is 0.0258. The lowest BCUT2D eigenvalue weighted by molar-refractivity contribution is -0.138. The Hall–Kier alpha value is -3.28. The van der Waals surface area contributed by atoms with Gasteiger partial charge in [0, 0.05) is 12.3 Å². The summed E-state index contributed by atoms with van der Waals surface area (Å²) in [4.78, 5) is 51.6. The number of amides is 2. The average molecular weight is 636 g/mol. The van der Waals surface area contributed by atoms with Gasteiger partial charge in [0.2, 0.25) is 0 Å². The molecular weight excluding hydrogens is 615 g/mol. The Morgan fingerprint density at radius 3 is 2.44 bits per heavy atom. The number of methoxy groups -OCH3 is 1. The van der Waals surface area contributed by atoms with Gasteiger partial charge in [0.05, 0.1) is 30.8 Å². The molecule has 13 heteroatoms. The molecule has 1 saturated carbocycles. The summed E-state index contributed by atoms with van der Waals surface area (Å²) in [5.41, 5.74) is 0.108. The number of fused-ring (bicyclic) bond motifs is 4. The van der Waals surface area contributed by atoms with Crippen molar-refractivity contribution in [3.8, 4) is 17.2 Å². The Morgan fingerprint density at radius 2 is 1.77 bits per heavy atom. The van der Waals surface area contributed by atoms with Crippen LogP contribution in [0.15, 0.2) is 69.8 Å². The molecule has 2 aromatic carbocycles. The second-order valence-electron chi connectivity index (χ2n) is 9.62. The van der Waals surface area contributed by atoms with E-state index in [0.717, 1.165) is 9.47 Å².